The third-order valence-electron chi connectivity index (χ3n) is 5.00. The minimum Gasteiger partial charge on any atom is -0.493 e. The van der Waals surface area contributed by atoms with Gasteiger partial charge in [0.1, 0.15) is 11.9 Å². The Bertz CT molecular complexity index is 1080. The molecule has 1 aliphatic rings. The SMILES string of the molecule is CCCCC(N=C1NS(=O)(=O)c2ccccc21)C(=O)NCc1ccc(OC)c(OC)c1. The summed E-state index contributed by atoms with van der Waals surface area (Å²) in [5.41, 5.74) is 1.33. The van der Waals surface area contributed by atoms with Crippen LogP contribution in [0, 0.1) is 0 Å². The summed E-state index contributed by atoms with van der Waals surface area (Å²) in [4.78, 5) is 17.6. The van der Waals surface area contributed by atoms with Crippen LogP contribution in [0.3, 0.4) is 0 Å². The van der Waals surface area contributed by atoms with Crippen LogP contribution in [-0.2, 0) is 21.4 Å². The Kier molecular flexibility index (Phi) is 7.17. The molecule has 0 radical (unpaired) electrons. The zero-order valence-electron chi connectivity index (χ0n) is 17.8. The average Bonchev–Trinajstić information content (AvgIpc) is 3.04. The fourth-order valence-corrected chi connectivity index (χ4v) is 4.57. The smallest absolute Gasteiger partial charge is 0.263 e. The van der Waals surface area contributed by atoms with Crippen molar-refractivity contribution in [2.45, 2.75) is 43.7 Å². The number of hydrogen-bond donors (Lipinski definition) is 2. The maximum Gasteiger partial charge on any atom is 0.263 e. The summed E-state index contributed by atoms with van der Waals surface area (Å²) in [6.07, 6.45) is 2.20. The van der Waals surface area contributed by atoms with Crippen molar-refractivity contribution >= 4 is 21.8 Å². The number of nitrogens with one attached hydrogen (secondary N) is 2. The lowest BCUT2D eigenvalue weighted by atomic mass is 10.1. The van der Waals surface area contributed by atoms with Crippen LogP contribution in [0.15, 0.2) is 52.4 Å². The molecular weight excluding hydrogens is 418 g/mol. The first-order valence-electron chi connectivity index (χ1n) is 10.1. The molecule has 0 spiro atoms. The molecule has 0 fully saturated rings. The van der Waals surface area contributed by atoms with Gasteiger partial charge in [-0.2, -0.15) is 0 Å². The summed E-state index contributed by atoms with van der Waals surface area (Å²) in [5.74, 6) is 1.13. The Labute approximate surface area is 182 Å². The molecule has 2 aromatic carbocycles. The first-order chi connectivity index (χ1) is 14.9. The zero-order chi connectivity index (χ0) is 22.4. The highest BCUT2D eigenvalue weighted by atomic mass is 32.2. The molecule has 3 rings (SSSR count). The van der Waals surface area contributed by atoms with E-state index in [0.29, 0.717) is 23.5 Å². The van der Waals surface area contributed by atoms with Crippen molar-refractivity contribution in [3.05, 3.63) is 53.6 Å². The van der Waals surface area contributed by atoms with Gasteiger partial charge in [-0.1, -0.05) is 38.0 Å². The maximum absolute atomic E-state index is 12.9. The second-order valence-corrected chi connectivity index (χ2v) is 8.80. The lowest BCUT2D eigenvalue weighted by Crippen LogP contribution is -2.35. The van der Waals surface area contributed by atoms with Gasteiger partial charge in [0.2, 0.25) is 5.91 Å². The second-order valence-electron chi connectivity index (χ2n) is 7.14. The first-order valence-corrected chi connectivity index (χ1v) is 11.6. The number of aliphatic imine (C=N–C) groups is 1. The number of methoxy groups -OCH3 is 2. The van der Waals surface area contributed by atoms with Gasteiger partial charge in [-0.15, -0.1) is 0 Å². The van der Waals surface area contributed by atoms with Crippen LogP contribution in [0.2, 0.25) is 0 Å². The number of fused-ring (bicyclic) bond motifs is 1. The van der Waals surface area contributed by atoms with E-state index in [9.17, 15) is 13.2 Å². The molecule has 0 aliphatic carbocycles. The van der Waals surface area contributed by atoms with Crippen LogP contribution in [0.25, 0.3) is 0 Å². The van der Waals surface area contributed by atoms with E-state index in [1.54, 1.807) is 44.6 Å². The highest BCUT2D eigenvalue weighted by Crippen LogP contribution is 2.27. The molecule has 0 saturated carbocycles. The van der Waals surface area contributed by atoms with Crippen molar-refractivity contribution in [1.29, 1.82) is 0 Å². The van der Waals surface area contributed by atoms with Crippen LogP contribution in [0.1, 0.15) is 37.3 Å². The molecule has 1 aliphatic heterocycles. The molecule has 1 amide bonds. The molecule has 1 atom stereocenters. The number of ether oxygens (including phenoxy) is 2. The third-order valence-corrected chi connectivity index (χ3v) is 6.39. The number of carbonyl (C=O) groups is 1. The van der Waals surface area contributed by atoms with E-state index in [2.05, 4.69) is 15.0 Å². The normalized spacial score (nSPS) is 16.3. The van der Waals surface area contributed by atoms with Crippen LogP contribution >= 0.6 is 0 Å². The van der Waals surface area contributed by atoms with Gasteiger partial charge in [-0.3, -0.25) is 14.5 Å². The highest BCUT2D eigenvalue weighted by Gasteiger charge is 2.31. The minimum atomic E-state index is -3.65. The van der Waals surface area contributed by atoms with Gasteiger partial charge < -0.3 is 14.8 Å². The van der Waals surface area contributed by atoms with Gasteiger partial charge in [0.05, 0.1) is 19.1 Å². The summed E-state index contributed by atoms with van der Waals surface area (Å²) in [5, 5.41) is 2.90. The van der Waals surface area contributed by atoms with Crippen molar-refractivity contribution in [2.24, 2.45) is 4.99 Å². The Morgan fingerprint density at radius 1 is 1.13 bits per heavy atom. The summed E-state index contributed by atoms with van der Waals surface area (Å²) < 4.78 is 37.7. The fraction of sp³-hybridized carbons (Fsp3) is 0.364. The molecule has 31 heavy (non-hydrogen) atoms. The number of amides is 1. The summed E-state index contributed by atoms with van der Waals surface area (Å²) in [7, 11) is -0.540. The standard InChI is InChI=1S/C22H27N3O5S/c1-4-5-9-17(24-21-16-8-6-7-10-20(16)31(27,28)25-21)22(26)23-14-15-11-12-18(29-2)19(13-15)30-3/h6-8,10-13,17H,4-5,9,14H2,1-3H3,(H,23,26)(H,24,25). The van der Waals surface area contributed by atoms with Crippen molar-refractivity contribution in [1.82, 2.24) is 10.0 Å². The second kappa shape index (κ2) is 9.82. The predicted octanol–water partition coefficient (Wildman–Crippen LogP) is 2.62. The van der Waals surface area contributed by atoms with Gasteiger partial charge in [0.25, 0.3) is 10.0 Å². The Balaban J connectivity index is 1.79. The van der Waals surface area contributed by atoms with Gasteiger partial charge >= 0.3 is 0 Å². The highest BCUT2D eigenvalue weighted by molar-refractivity contribution is 7.90. The van der Waals surface area contributed by atoms with Crippen LogP contribution < -0.4 is 19.5 Å². The van der Waals surface area contributed by atoms with Crippen LogP contribution in [-0.4, -0.2) is 40.4 Å². The van der Waals surface area contributed by atoms with Gasteiger partial charge in [0.15, 0.2) is 11.5 Å². The summed E-state index contributed by atoms with van der Waals surface area (Å²) in [6, 6.07) is 11.3. The number of benzene rings is 2. The molecule has 1 unspecified atom stereocenters. The van der Waals surface area contributed by atoms with Crippen molar-refractivity contribution < 1.29 is 22.7 Å². The van der Waals surface area contributed by atoms with E-state index >= 15 is 0 Å². The largest absolute Gasteiger partial charge is 0.493 e. The number of carbonyl (C=O) groups excluding carboxylic acids is 1. The topological polar surface area (TPSA) is 106 Å². The molecule has 0 bridgehead atoms. The van der Waals surface area contributed by atoms with E-state index in [4.69, 9.17) is 9.47 Å². The number of nitrogens with zero attached hydrogens (tertiary/aromatic N) is 1. The van der Waals surface area contributed by atoms with Gasteiger partial charge in [-0.25, -0.2) is 8.42 Å². The molecule has 166 valence electrons. The lowest BCUT2D eigenvalue weighted by molar-refractivity contribution is -0.122. The van der Waals surface area contributed by atoms with E-state index in [1.807, 2.05) is 13.0 Å². The van der Waals surface area contributed by atoms with Crippen molar-refractivity contribution in [3.63, 3.8) is 0 Å². The number of sulfonamides is 1. The van der Waals surface area contributed by atoms with Crippen LogP contribution in [0.5, 0.6) is 11.5 Å². The molecule has 0 saturated heterocycles. The maximum atomic E-state index is 12.9. The Morgan fingerprint density at radius 3 is 2.58 bits per heavy atom. The van der Waals surface area contributed by atoms with Gasteiger partial charge in [0, 0.05) is 12.1 Å². The van der Waals surface area contributed by atoms with Crippen molar-refractivity contribution in [2.75, 3.05) is 14.2 Å². The quantitative estimate of drug-likeness (QED) is 0.617. The molecule has 0 aromatic heterocycles. The van der Waals surface area contributed by atoms with E-state index in [0.717, 1.165) is 18.4 Å². The monoisotopic (exact) mass is 445 g/mol. The fourth-order valence-electron chi connectivity index (χ4n) is 3.33. The number of rotatable bonds is 9. The molecule has 2 N–H and O–H groups in total. The molecule has 1 heterocycles. The molecule has 9 heteroatoms. The first kappa shape index (κ1) is 22.6. The van der Waals surface area contributed by atoms with E-state index in [-0.39, 0.29) is 23.2 Å². The lowest BCUT2D eigenvalue weighted by Gasteiger charge is -2.15. The number of hydrogen-bond acceptors (Lipinski definition) is 6. The summed E-state index contributed by atoms with van der Waals surface area (Å²) >= 11 is 0. The average molecular weight is 446 g/mol. The molecular formula is C22H27N3O5S. The summed E-state index contributed by atoms with van der Waals surface area (Å²) in [6.45, 7) is 2.31. The molecule has 2 aromatic rings. The number of amidine groups is 1. The van der Waals surface area contributed by atoms with Crippen molar-refractivity contribution in [3.8, 4) is 11.5 Å². The van der Waals surface area contributed by atoms with Gasteiger partial charge in [-0.05, 0) is 36.2 Å². The molecule has 8 nitrogen and oxygen atoms in total. The van der Waals surface area contributed by atoms with E-state index < -0.39 is 16.1 Å². The third kappa shape index (κ3) is 5.16. The Morgan fingerprint density at radius 2 is 1.87 bits per heavy atom. The Hall–Kier alpha value is -3.07. The predicted molar refractivity (Wildman–Crippen MR) is 118 cm³/mol. The number of unbranched alkanes of at least 4 members (excludes halogenated alkanes) is 1. The minimum absolute atomic E-state index is 0.175. The zero-order valence-corrected chi connectivity index (χ0v) is 18.7. The van der Waals surface area contributed by atoms with E-state index in [1.165, 1.54) is 6.07 Å². The van der Waals surface area contributed by atoms with Crippen LogP contribution in [0.4, 0.5) is 0 Å².